The molecule has 0 bridgehead atoms. The van der Waals surface area contributed by atoms with Crippen LogP contribution in [0.5, 0.6) is 0 Å². The van der Waals surface area contributed by atoms with Crippen LogP contribution in [0.2, 0.25) is 0 Å². The lowest BCUT2D eigenvalue weighted by Gasteiger charge is -2.31. The Morgan fingerprint density at radius 2 is 2.06 bits per heavy atom. The molecule has 18 heavy (non-hydrogen) atoms. The molecule has 1 aliphatic rings. The van der Waals surface area contributed by atoms with E-state index in [9.17, 15) is 0 Å². The summed E-state index contributed by atoms with van der Waals surface area (Å²) in [7, 11) is 0. The van der Waals surface area contributed by atoms with Gasteiger partial charge in [0.15, 0.2) is 0 Å². The summed E-state index contributed by atoms with van der Waals surface area (Å²) in [5.74, 6) is 0.734. The lowest BCUT2D eigenvalue weighted by Crippen LogP contribution is -2.35. The van der Waals surface area contributed by atoms with Gasteiger partial charge in [-0.05, 0) is 39.0 Å². The molecule has 1 saturated carbocycles. The van der Waals surface area contributed by atoms with E-state index in [1.54, 1.807) is 0 Å². The number of ether oxygens (including phenoxy) is 1. The van der Waals surface area contributed by atoms with Crippen molar-refractivity contribution in [3.05, 3.63) is 0 Å². The second kappa shape index (κ2) is 8.50. The van der Waals surface area contributed by atoms with Crippen LogP contribution in [0.1, 0.15) is 59.3 Å². The summed E-state index contributed by atoms with van der Waals surface area (Å²) in [6, 6.07) is 2.58. The Hall–Kier alpha value is -0.590. The molecule has 0 aliphatic heterocycles. The zero-order valence-corrected chi connectivity index (χ0v) is 12.1. The Morgan fingerprint density at radius 1 is 1.33 bits per heavy atom. The van der Waals surface area contributed by atoms with Crippen LogP contribution in [0, 0.1) is 17.2 Å². The van der Waals surface area contributed by atoms with Crippen LogP contribution in [-0.4, -0.2) is 24.8 Å². The molecule has 0 spiro atoms. The van der Waals surface area contributed by atoms with E-state index < -0.39 is 0 Å². The number of nitriles is 1. The Morgan fingerprint density at radius 3 is 2.67 bits per heavy atom. The van der Waals surface area contributed by atoms with Crippen LogP contribution in [0.3, 0.4) is 0 Å². The van der Waals surface area contributed by atoms with Crippen molar-refractivity contribution in [3.63, 3.8) is 0 Å². The van der Waals surface area contributed by atoms with Crippen LogP contribution in [0.15, 0.2) is 0 Å². The van der Waals surface area contributed by atoms with Crippen LogP contribution in [0.4, 0.5) is 0 Å². The molecule has 0 aromatic carbocycles. The molecule has 3 atom stereocenters. The quantitative estimate of drug-likeness (QED) is 0.756. The van der Waals surface area contributed by atoms with Crippen molar-refractivity contribution in [1.82, 2.24) is 5.32 Å². The Kier molecular flexibility index (Phi) is 7.31. The second-order valence-electron chi connectivity index (χ2n) is 5.65. The van der Waals surface area contributed by atoms with Crippen LogP contribution in [0.25, 0.3) is 0 Å². The van der Waals surface area contributed by atoms with Gasteiger partial charge in [-0.25, -0.2) is 0 Å². The first-order valence-corrected chi connectivity index (χ1v) is 7.44. The molecule has 1 aliphatic carbocycles. The van der Waals surface area contributed by atoms with Gasteiger partial charge in [-0.2, -0.15) is 5.26 Å². The molecular formula is C15H28N2O. The van der Waals surface area contributed by atoms with E-state index >= 15 is 0 Å². The average molecular weight is 252 g/mol. The highest BCUT2D eigenvalue weighted by Crippen LogP contribution is 2.29. The highest BCUT2D eigenvalue weighted by atomic mass is 16.5. The maximum absolute atomic E-state index is 9.04. The third kappa shape index (κ3) is 5.37. The van der Waals surface area contributed by atoms with E-state index in [1.807, 2.05) is 0 Å². The molecule has 0 saturated heterocycles. The van der Waals surface area contributed by atoms with Gasteiger partial charge in [0.2, 0.25) is 0 Å². The molecule has 3 nitrogen and oxygen atoms in total. The predicted molar refractivity (Wildman–Crippen MR) is 74.3 cm³/mol. The minimum Gasteiger partial charge on any atom is -0.378 e. The fraction of sp³-hybridized carbons (Fsp3) is 0.933. The zero-order valence-electron chi connectivity index (χ0n) is 12.1. The Labute approximate surface area is 112 Å². The van der Waals surface area contributed by atoms with Crippen molar-refractivity contribution < 1.29 is 4.74 Å². The van der Waals surface area contributed by atoms with Crippen LogP contribution >= 0.6 is 0 Å². The number of hydrogen-bond donors (Lipinski definition) is 1. The predicted octanol–water partition coefficient (Wildman–Crippen LogP) is 3.25. The van der Waals surface area contributed by atoms with Gasteiger partial charge in [-0.15, -0.1) is 0 Å². The van der Waals surface area contributed by atoms with Gasteiger partial charge in [0.1, 0.15) is 0 Å². The summed E-state index contributed by atoms with van der Waals surface area (Å²) in [5, 5.41) is 12.3. The van der Waals surface area contributed by atoms with E-state index in [2.05, 4.69) is 32.2 Å². The molecule has 0 aromatic rings. The lowest BCUT2D eigenvalue weighted by atomic mass is 9.85. The molecule has 1 rings (SSSR count). The molecule has 0 radical (unpaired) electrons. The molecule has 104 valence electrons. The van der Waals surface area contributed by atoms with Crippen molar-refractivity contribution in [2.45, 2.75) is 77.5 Å². The van der Waals surface area contributed by atoms with Crippen molar-refractivity contribution in [2.75, 3.05) is 6.61 Å². The molecule has 3 unspecified atom stereocenters. The Balaban J connectivity index is 2.25. The molecule has 1 N–H and O–H groups in total. The number of nitrogens with zero attached hydrogens (tertiary/aromatic N) is 1. The summed E-state index contributed by atoms with van der Waals surface area (Å²) >= 11 is 0. The van der Waals surface area contributed by atoms with Crippen LogP contribution in [-0.2, 0) is 4.74 Å². The lowest BCUT2D eigenvalue weighted by molar-refractivity contribution is -0.0143. The minimum atomic E-state index is -0.0753. The van der Waals surface area contributed by atoms with Gasteiger partial charge in [-0.3, -0.25) is 5.32 Å². The van der Waals surface area contributed by atoms with Crippen molar-refractivity contribution in [3.8, 4) is 6.07 Å². The first kappa shape index (κ1) is 15.5. The SMILES string of the molecule is CCC1CCCCC1OCCC(C#N)NC(C)C. The van der Waals surface area contributed by atoms with Gasteiger partial charge < -0.3 is 4.74 Å². The summed E-state index contributed by atoms with van der Waals surface area (Å²) < 4.78 is 6.01. The van der Waals surface area contributed by atoms with Crippen molar-refractivity contribution in [1.29, 1.82) is 5.26 Å². The Bertz CT molecular complexity index is 260. The molecular weight excluding hydrogens is 224 g/mol. The number of rotatable bonds is 7. The van der Waals surface area contributed by atoms with Gasteiger partial charge in [0, 0.05) is 12.6 Å². The normalized spacial score (nSPS) is 25.9. The zero-order chi connectivity index (χ0) is 13.4. The molecule has 0 heterocycles. The number of hydrogen-bond acceptors (Lipinski definition) is 3. The second-order valence-corrected chi connectivity index (χ2v) is 5.65. The molecule has 0 aromatic heterocycles. The van der Waals surface area contributed by atoms with E-state index in [4.69, 9.17) is 10.00 Å². The van der Waals surface area contributed by atoms with E-state index in [0.29, 0.717) is 18.8 Å². The third-order valence-corrected chi connectivity index (χ3v) is 3.79. The average Bonchev–Trinajstić information content (AvgIpc) is 2.37. The topological polar surface area (TPSA) is 45.0 Å². The maximum Gasteiger partial charge on any atom is 0.0976 e. The van der Waals surface area contributed by atoms with E-state index in [0.717, 1.165) is 12.3 Å². The minimum absolute atomic E-state index is 0.0753. The highest BCUT2D eigenvalue weighted by molar-refractivity contribution is 4.90. The van der Waals surface area contributed by atoms with Gasteiger partial charge in [0.05, 0.1) is 18.2 Å². The fourth-order valence-corrected chi connectivity index (χ4v) is 2.78. The van der Waals surface area contributed by atoms with Gasteiger partial charge in [-0.1, -0.05) is 26.2 Å². The largest absolute Gasteiger partial charge is 0.378 e. The molecule has 0 amide bonds. The van der Waals surface area contributed by atoms with E-state index in [-0.39, 0.29) is 6.04 Å². The monoisotopic (exact) mass is 252 g/mol. The summed E-state index contributed by atoms with van der Waals surface area (Å²) in [4.78, 5) is 0. The summed E-state index contributed by atoms with van der Waals surface area (Å²) in [5.41, 5.74) is 0. The maximum atomic E-state index is 9.04. The first-order valence-electron chi connectivity index (χ1n) is 7.44. The fourth-order valence-electron chi connectivity index (χ4n) is 2.78. The third-order valence-electron chi connectivity index (χ3n) is 3.79. The van der Waals surface area contributed by atoms with Crippen molar-refractivity contribution in [2.24, 2.45) is 5.92 Å². The van der Waals surface area contributed by atoms with Crippen LogP contribution < -0.4 is 5.32 Å². The van der Waals surface area contributed by atoms with Gasteiger partial charge in [0.25, 0.3) is 0 Å². The van der Waals surface area contributed by atoms with Crippen molar-refractivity contribution >= 4 is 0 Å². The van der Waals surface area contributed by atoms with Gasteiger partial charge >= 0.3 is 0 Å². The van der Waals surface area contributed by atoms with E-state index in [1.165, 1.54) is 32.1 Å². The summed E-state index contributed by atoms with van der Waals surface area (Å²) in [6.45, 7) is 7.10. The highest BCUT2D eigenvalue weighted by Gasteiger charge is 2.24. The number of nitrogens with one attached hydrogen (secondary N) is 1. The first-order chi connectivity index (χ1) is 8.67. The molecule has 1 fully saturated rings. The molecule has 3 heteroatoms. The standard InChI is InChI=1S/C15H28N2O/c1-4-13-7-5-6-8-15(13)18-10-9-14(11-16)17-12(2)3/h12-15,17H,4-10H2,1-3H3. The smallest absolute Gasteiger partial charge is 0.0976 e. The summed E-state index contributed by atoms with van der Waals surface area (Å²) in [6.07, 6.45) is 7.61.